The molecule has 0 aromatic heterocycles. The molecular formula is C15H15NO5. The first-order valence-corrected chi connectivity index (χ1v) is 6.35. The molecule has 1 amide bonds. The third kappa shape index (κ3) is 3.93. The van der Waals surface area contributed by atoms with Crippen LogP contribution in [0.5, 0.6) is 0 Å². The Balaban J connectivity index is 1.94. The van der Waals surface area contributed by atoms with E-state index in [4.69, 9.17) is 9.84 Å². The minimum Gasteiger partial charge on any atom is -0.478 e. The zero-order valence-electron chi connectivity index (χ0n) is 11.1. The van der Waals surface area contributed by atoms with Gasteiger partial charge >= 0.3 is 12.1 Å². The molecule has 0 aliphatic heterocycles. The fraction of sp³-hybridized carbons (Fsp3) is 0.200. The first-order chi connectivity index (χ1) is 10.1. The van der Waals surface area contributed by atoms with Crippen molar-refractivity contribution in [2.75, 3.05) is 0 Å². The van der Waals surface area contributed by atoms with Gasteiger partial charge in [0, 0.05) is 0 Å². The third-order valence-corrected chi connectivity index (χ3v) is 2.99. The molecule has 1 aromatic carbocycles. The fourth-order valence-electron chi connectivity index (χ4n) is 1.93. The first-order valence-electron chi connectivity index (χ1n) is 6.35. The number of hydrogen-bond acceptors (Lipinski definition) is 4. The molecule has 6 heteroatoms. The maximum absolute atomic E-state index is 11.7. The Morgan fingerprint density at radius 2 is 1.95 bits per heavy atom. The topological polar surface area (TPSA) is 95.9 Å². The maximum atomic E-state index is 11.7. The van der Waals surface area contributed by atoms with E-state index in [-0.39, 0.29) is 12.2 Å². The van der Waals surface area contributed by atoms with Gasteiger partial charge in [-0.3, -0.25) is 0 Å². The van der Waals surface area contributed by atoms with Crippen molar-refractivity contribution in [1.82, 2.24) is 5.32 Å². The van der Waals surface area contributed by atoms with Crippen molar-refractivity contribution in [1.29, 1.82) is 0 Å². The molecule has 0 bridgehead atoms. The van der Waals surface area contributed by atoms with Crippen LogP contribution in [0.1, 0.15) is 5.56 Å². The number of carbonyl (C=O) groups is 2. The molecule has 0 saturated heterocycles. The Kier molecular flexibility index (Phi) is 4.73. The number of alkyl carbamates (subject to hydrolysis) is 1. The van der Waals surface area contributed by atoms with Gasteiger partial charge in [0.05, 0.1) is 17.7 Å². The molecule has 3 N–H and O–H groups in total. The zero-order chi connectivity index (χ0) is 15.2. The number of ether oxygens (including phenoxy) is 1. The summed E-state index contributed by atoms with van der Waals surface area (Å²) in [6.07, 6.45) is 2.27. The van der Waals surface area contributed by atoms with E-state index in [0.29, 0.717) is 0 Å². The number of amides is 1. The SMILES string of the molecule is O=C(N[C@@H]1C(C(=O)O)=CC=C[C@H]1O)OCc1ccccc1. The van der Waals surface area contributed by atoms with Gasteiger partial charge in [-0.15, -0.1) is 0 Å². The molecule has 1 aliphatic rings. The van der Waals surface area contributed by atoms with Crippen LogP contribution in [0.15, 0.2) is 54.1 Å². The number of aliphatic carboxylic acids is 1. The molecule has 0 heterocycles. The summed E-state index contributed by atoms with van der Waals surface area (Å²) in [5.74, 6) is -1.20. The average molecular weight is 289 g/mol. The van der Waals surface area contributed by atoms with Crippen molar-refractivity contribution in [3.05, 3.63) is 59.7 Å². The van der Waals surface area contributed by atoms with Crippen LogP contribution in [-0.4, -0.2) is 34.4 Å². The van der Waals surface area contributed by atoms with Gasteiger partial charge in [0.25, 0.3) is 0 Å². The highest BCUT2D eigenvalue weighted by molar-refractivity contribution is 5.90. The second-order valence-corrected chi connectivity index (χ2v) is 4.49. The number of carbonyl (C=O) groups excluding carboxylic acids is 1. The Bertz CT molecular complexity index is 579. The number of allylic oxidation sites excluding steroid dienone is 2. The van der Waals surface area contributed by atoms with Crippen molar-refractivity contribution < 1.29 is 24.5 Å². The van der Waals surface area contributed by atoms with E-state index in [1.165, 1.54) is 18.2 Å². The van der Waals surface area contributed by atoms with Gasteiger partial charge in [-0.1, -0.05) is 42.5 Å². The molecular weight excluding hydrogens is 274 g/mol. The smallest absolute Gasteiger partial charge is 0.408 e. The van der Waals surface area contributed by atoms with E-state index in [2.05, 4.69) is 5.32 Å². The highest BCUT2D eigenvalue weighted by atomic mass is 16.5. The van der Waals surface area contributed by atoms with E-state index >= 15 is 0 Å². The van der Waals surface area contributed by atoms with E-state index in [1.54, 1.807) is 12.1 Å². The minimum atomic E-state index is -1.20. The summed E-state index contributed by atoms with van der Waals surface area (Å²) in [6, 6.07) is 8.05. The molecule has 0 fully saturated rings. The van der Waals surface area contributed by atoms with Crippen molar-refractivity contribution in [3.8, 4) is 0 Å². The van der Waals surface area contributed by atoms with Gasteiger partial charge in [-0.25, -0.2) is 9.59 Å². The number of aliphatic hydroxyl groups is 1. The summed E-state index contributed by atoms with van der Waals surface area (Å²) in [5.41, 5.74) is 0.715. The standard InChI is InChI=1S/C15H15NO5/c17-12-8-4-7-11(14(18)19)13(12)16-15(20)21-9-10-5-2-1-3-6-10/h1-8,12-13,17H,9H2,(H,16,20)(H,18,19)/t12-,13-/m1/s1. The van der Waals surface area contributed by atoms with Crippen molar-refractivity contribution in [2.45, 2.75) is 18.8 Å². The molecule has 2 atom stereocenters. The van der Waals surface area contributed by atoms with Crippen LogP contribution in [-0.2, 0) is 16.1 Å². The van der Waals surface area contributed by atoms with Gasteiger partial charge in [0.2, 0.25) is 0 Å². The Hall–Kier alpha value is -2.60. The summed E-state index contributed by atoms with van der Waals surface area (Å²) < 4.78 is 5.00. The van der Waals surface area contributed by atoms with Crippen LogP contribution in [0, 0.1) is 0 Å². The predicted octanol–water partition coefficient (Wildman–Crippen LogP) is 1.22. The van der Waals surface area contributed by atoms with Gasteiger partial charge in [0.1, 0.15) is 6.61 Å². The van der Waals surface area contributed by atoms with Crippen LogP contribution in [0.4, 0.5) is 4.79 Å². The molecule has 0 radical (unpaired) electrons. The second kappa shape index (κ2) is 6.71. The lowest BCUT2D eigenvalue weighted by atomic mass is 9.96. The lowest BCUT2D eigenvalue weighted by molar-refractivity contribution is -0.133. The highest BCUT2D eigenvalue weighted by Gasteiger charge is 2.29. The number of rotatable bonds is 4. The monoisotopic (exact) mass is 289 g/mol. The van der Waals surface area contributed by atoms with Crippen LogP contribution in [0.3, 0.4) is 0 Å². The van der Waals surface area contributed by atoms with Gasteiger partial charge < -0.3 is 20.3 Å². The lowest BCUT2D eigenvalue weighted by Gasteiger charge is -2.24. The summed E-state index contributed by atoms with van der Waals surface area (Å²) in [6.45, 7) is 0.0669. The largest absolute Gasteiger partial charge is 0.478 e. The zero-order valence-corrected chi connectivity index (χ0v) is 11.1. The average Bonchev–Trinajstić information content (AvgIpc) is 2.48. The predicted molar refractivity (Wildman–Crippen MR) is 74.4 cm³/mol. The van der Waals surface area contributed by atoms with Crippen LogP contribution in [0.25, 0.3) is 0 Å². The van der Waals surface area contributed by atoms with Crippen molar-refractivity contribution >= 4 is 12.1 Å². The molecule has 0 unspecified atom stereocenters. The number of carboxylic acid groups (broad SMARTS) is 1. The molecule has 1 aromatic rings. The van der Waals surface area contributed by atoms with Crippen molar-refractivity contribution in [3.63, 3.8) is 0 Å². The number of carboxylic acids is 1. The number of nitrogens with one attached hydrogen (secondary N) is 1. The first kappa shape index (κ1) is 14.8. The Labute approximate surface area is 121 Å². The minimum absolute atomic E-state index is 0.0669. The highest BCUT2D eigenvalue weighted by Crippen LogP contribution is 2.14. The lowest BCUT2D eigenvalue weighted by Crippen LogP contribution is -2.46. The maximum Gasteiger partial charge on any atom is 0.408 e. The Morgan fingerprint density at radius 1 is 1.24 bits per heavy atom. The van der Waals surface area contributed by atoms with Crippen LogP contribution >= 0.6 is 0 Å². The van der Waals surface area contributed by atoms with E-state index in [1.807, 2.05) is 18.2 Å². The van der Waals surface area contributed by atoms with E-state index in [0.717, 1.165) is 5.56 Å². The summed E-state index contributed by atoms with van der Waals surface area (Å²) in [4.78, 5) is 22.8. The number of aliphatic hydroxyl groups excluding tert-OH is 1. The molecule has 110 valence electrons. The quantitative estimate of drug-likeness (QED) is 0.774. The third-order valence-electron chi connectivity index (χ3n) is 2.99. The molecule has 2 rings (SSSR count). The Morgan fingerprint density at radius 3 is 2.62 bits per heavy atom. The van der Waals surface area contributed by atoms with Gasteiger partial charge in [-0.2, -0.15) is 0 Å². The van der Waals surface area contributed by atoms with Crippen LogP contribution < -0.4 is 5.32 Å². The van der Waals surface area contributed by atoms with Crippen LogP contribution in [0.2, 0.25) is 0 Å². The normalized spacial score (nSPS) is 20.5. The number of benzene rings is 1. The van der Waals surface area contributed by atoms with Crippen molar-refractivity contribution in [2.24, 2.45) is 0 Å². The molecule has 0 spiro atoms. The fourth-order valence-corrected chi connectivity index (χ4v) is 1.93. The number of hydrogen-bond donors (Lipinski definition) is 3. The summed E-state index contributed by atoms with van der Waals surface area (Å²) >= 11 is 0. The van der Waals surface area contributed by atoms with E-state index in [9.17, 15) is 14.7 Å². The molecule has 6 nitrogen and oxygen atoms in total. The second-order valence-electron chi connectivity index (χ2n) is 4.49. The molecule has 0 saturated carbocycles. The molecule has 1 aliphatic carbocycles. The van der Waals surface area contributed by atoms with E-state index < -0.39 is 24.2 Å². The molecule has 21 heavy (non-hydrogen) atoms. The van der Waals surface area contributed by atoms with Gasteiger partial charge in [-0.05, 0) is 11.6 Å². The summed E-state index contributed by atoms with van der Waals surface area (Å²) in [5, 5.41) is 21.2. The summed E-state index contributed by atoms with van der Waals surface area (Å²) in [7, 11) is 0. The van der Waals surface area contributed by atoms with Gasteiger partial charge in [0.15, 0.2) is 0 Å².